The molecular weight excluding hydrogens is 244 g/mol. The fourth-order valence-corrected chi connectivity index (χ4v) is 1.54. The van der Waals surface area contributed by atoms with Gasteiger partial charge in [0.15, 0.2) is 0 Å². The highest BCUT2D eigenvalue weighted by molar-refractivity contribution is 5.70. The van der Waals surface area contributed by atoms with Crippen LogP contribution in [-0.2, 0) is 27.3 Å². The van der Waals surface area contributed by atoms with Crippen LogP contribution in [-0.4, -0.2) is 30.4 Å². The Kier molecular flexibility index (Phi) is 5.99. The van der Waals surface area contributed by atoms with E-state index in [-0.39, 0.29) is 12.0 Å². The van der Waals surface area contributed by atoms with Gasteiger partial charge >= 0.3 is 5.97 Å². The normalized spacial score (nSPS) is 11.5. The van der Waals surface area contributed by atoms with Gasteiger partial charge < -0.3 is 14.6 Å². The standard InChI is InChI=1S/C15H22O4/c1-15(2,18-3)8-9-19-11-13-6-4-12(5-7-13)10-14(16)17/h4-7H,8-11H2,1-3H3,(H,16,17). The number of rotatable bonds is 8. The Morgan fingerprint density at radius 3 is 2.32 bits per heavy atom. The number of carbonyl (C=O) groups is 1. The van der Waals surface area contributed by atoms with Gasteiger partial charge in [-0.1, -0.05) is 24.3 Å². The van der Waals surface area contributed by atoms with Crippen molar-refractivity contribution in [3.8, 4) is 0 Å². The summed E-state index contributed by atoms with van der Waals surface area (Å²) >= 11 is 0. The van der Waals surface area contributed by atoms with E-state index < -0.39 is 5.97 Å². The smallest absolute Gasteiger partial charge is 0.307 e. The molecule has 0 aliphatic rings. The molecule has 0 bridgehead atoms. The molecule has 0 aliphatic heterocycles. The second kappa shape index (κ2) is 7.26. The number of carboxylic acids is 1. The molecule has 0 spiro atoms. The highest BCUT2D eigenvalue weighted by Crippen LogP contribution is 2.13. The van der Waals surface area contributed by atoms with Gasteiger partial charge in [-0.3, -0.25) is 4.79 Å². The second-order valence-electron chi connectivity index (χ2n) is 5.15. The van der Waals surface area contributed by atoms with Crippen molar-refractivity contribution in [2.45, 2.75) is 38.9 Å². The van der Waals surface area contributed by atoms with E-state index in [1.54, 1.807) is 7.11 Å². The first-order valence-corrected chi connectivity index (χ1v) is 6.35. The predicted molar refractivity (Wildman–Crippen MR) is 73.1 cm³/mol. The largest absolute Gasteiger partial charge is 0.481 e. The van der Waals surface area contributed by atoms with Crippen LogP contribution in [0.4, 0.5) is 0 Å². The van der Waals surface area contributed by atoms with Crippen LogP contribution in [0.1, 0.15) is 31.4 Å². The zero-order valence-corrected chi connectivity index (χ0v) is 11.8. The molecule has 4 heteroatoms. The minimum absolute atomic E-state index is 0.0587. The van der Waals surface area contributed by atoms with E-state index >= 15 is 0 Å². The van der Waals surface area contributed by atoms with Crippen LogP contribution in [0, 0.1) is 0 Å². The van der Waals surface area contributed by atoms with Crippen molar-refractivity contribution in [1.29, 1.82) is 0 Å². The summed E-state index contributed by atoms with van der Waals surface area (Å²) in [5, 5.41) is 8.67. The molecule has 0 heterocycles. The molecule has 0 atom stereocenters. The summed E-state index contributed by atoms with van der Waals surface area (Å²) < 4.78 is 10.9. The van der Waals surface area contributed by atoms with Gasteiger partial charge in [0.25, 0.3) is 0 Å². The Labute approximate surface area is 114 Å². The number of carboxylic acid groups (broad SMARTS) is 1. The zero-order valence-electron chi connectivity index (χ0n) is 11.8. The van der Waals surface area contributed by atoms with E-state index in [1.807, 2.05) is 38.1 Å². The van der Waals surface area contributed by atoms with Crippen LogP contribution in [0.2, 0.25) is 0 Å². The molecule has 0 saturated heterocycles. The minimum atomic E-state index is -0.814. The number of hydrogen-bond donors (Lipinski definition) is 1. The first-order valence-electron chi connectivity index (χ1n) is 6.35. The number of hydrogen-bond acceptors (Lipinski definition) is 3. The summed E-state index contributed by atoms with van der Waals surface area (Å²) in [6.45, 7) is 5.22. The fraction of sp³-hybridized carbons (Fsp3) is 0.533. The lowest BCUT2D eigenvalue weighted by atomic mass is 10.1. The lowest BCUT2D eigenvalue weighted by Crippen LogP contribution is -2.24. The summed E-state index contributed by atoms with van der Waals surface area (Å²) in [6, 6.07) is 7.46. The Hall–Kier alpha value is -1.39. The third-order valence-electron chi connectivity index (χ3n) is 3.05. The number of ether oxygens (including phenoxy) is 2. The average Bonchev–Trinajstić information content (AvgIpc) is 2.36. The maximum absolute atomic E-state index is 10.6. The Morgan fingerprint density at radius 2 is 1.79 bits per heavy atom. The van der Waals surface area contributed by atoms with E-state index in [9.17, 15) is 4.79 Å². The van der Waals surface area contributed by atoms with Crippen molar-refractivity contribution in [1.82, 2.24) is 0 Å². The van der Waals surface area contributed by atoms with Crippen molar-refractivity contribution in [2.75, 3.05) is 13.7 Å². The highest BCUT2D eigenvalue weighted by Gasteiger charge is 2.15. The minimum Gasteiger partial charge on any atom is -0.481 e. The van der Waals surface area contributed by atoms with Gasteiger partial charge in [0, 0.05) is 13.7 Å². The molecule has 19 heavy (non-hydrogen) atoms. The first kappa shape index (κ1) is 15.7. The van der Waals surface area contributed by atoms with Crippen LogP contribution in [0.5, 0.6) is 0 Å². The quantitative estimate of drug-likeness (QED) is 0.735. The van der Waals surface area contributed by atoms with E-state index in [4.69, 9.17) is 14.6 Å². The average molecular weight is 266 g/mol. The van der Waals surface area contributed by atoms with Gasteiger partial charge in [-0.15, -0.1) is 0 Å². The molecule has 106 valence electrons. The Morgan fingerprint density at radius 1 is 1.21 bits per heavy atom. The number of aliphatic carboxylic acids is 1. The van der Waals surface area contributed by atoms with E-state index in [1.165, 1.54) is 0 Å². The maximum Gasteiger partial charge on any atom is 0.307 e. The molecular formula is C15H22O4. The molecule has 0 amide bonds. The first-order chi connectivity index (χ1) is 8.93. The topological polar surface area (TPSA) is 55.8 Å². The molecule has 0 saturated carbocycles. The summed E-state index contributed by atoms with van der Waals surface area (Å²) in [5.41, 5.74) is 1.69. The Balaban J connectivity index is 2.32. The highest BCUT2D eigenvalue weighted by atomic mass is 16.5. The molecule has 0 fully saturated rings. The summed E-state index contributed by atoms with van der Waals surface area (Å²) in [6.07, 6.45) is 0.893. The van der Waals surface area contributed by atoms with E-state index in [0.29, 0.717) is 13.2 Å². The summed E-state index contributed by atoms with van der Waals surface area (Å²) in [4.78, 5) is 10.6. The summed E-state index contributed by atoms with van der Waals surface area (Å²) in [7, 11) is 1.70. The Bertz CT molecular complexity index is 395. The lowest BCUT2D eigenvalue weighted by molar-refractivity contribution is -0.136. The zero-order chi connectivity index (χ0) is 14.3. The van der Waals surface area contributed by atoms with Crippen molar-refractivity contribution in [3.63, 3.8) is 0 Å². The third kappa shape index (κ3) is 6.36. The van der Waals surface area contributed by atoms with Gasteiger partial charge in [0.05, 0.1) is 18.6 Å². The van der Waals surface area contributed by atoms with E-state index in [2.05, 4.69) is 0 Å². The molecule has 1 aromatic rings. The molecule has 1 rings (SSSR count). The molecule has 0 radical (unpaired) electrons. The molecule has 1 N–H and O–H groups in total. The van der Waals surface area contributed by atoms with Crippen LogP contribution in [0.25, 0.3) is 0 Å². The fourth-order valence-electron chi connectivity index (χ4n) is 1.54. The maximum atomic E-state index is 10.6. The van der Waals surface area contributed by atoms with Gasteiger partial charge in [0.1, 0.15) is 0 Å². The molecule has 4 nitrogen and oxygen atoms in total. The monoisotopic (exact) mass is 266 g/mol. The van der Waals surface area contributed by atoms with Crippen LogP contribution in [0.15, 0.2) is 24.3 Å². The number of methoxy groups -OCH3 is 1. The molecule has 0 aliphatic carbocycles. The number of benzene rings is 1. The van der Waals surface area contributed by atoms with Crippen molar-refractivity contribution in [3.05, 3.63) is 35.4 Å². The molecule has 1 aromatic carbocycles. The van der Waals surface area contributed by atoms with E-state index in [0.717, 1.165) is 17.5 Å². The van der Waals surface area contributed by atoms with Crippen LogP contribution in [0.3, 0.4) is 0 Å². The van der Waals surface area contributed by atoms with Gasteiger partial charge in [0.2, 0.25) is 0 Å². The van der Waals surface area contributed by atoms with Gasteiger partial charge in [-0.25, -0.2) is 0 Å². The van der Waals surface area contributed by atoms with Crippen molar-refractivity contribution >= 4 is 5.97 Å². The summed E-state index contributed by atoms with van der Waals surface area (Å²) in [5.74, 6) is -0.814. The molecule has 0 aromatic heterocycles. The SMILES string of the molecule is COC(C)(C)CCOCc1ccc(CC(=O)O)cc1. The second-order valence-corrected chi connectivity index (χ2v) is 5.15. The third-order valence-corrected chi connectivity index (χ3v) is 3.05. The van der Waals surface area contributed by atoms with Gasteiger partial charge in [-0.05, 0) is 31.4 Å². The lowest BCUT2D eigenvalue weighted by Gasteiger charge is -2.22. The van der Waals surface area contributed by atoms with Crippen LogP contribution < -0.4 is 0 Å². The predicted octanol–water partition coefficient (Wildman–Crippen LogP) is 2.65. The van der Waals surface area contributed by atoms with Crippen molar-refractivity contribution in [2.24, 2.45) is 0 Å². The van der Waals surface area contributed by atoms with Crippen molar-refractivity contribution < 1.29 is 19.4 Å². The van der Waals surface area contributed by atoms with Crippen LogP contribution >= 0.6 is 0 Å². The molecule has 0 unspecified atom stereocenters. The van der Waals surface area contributed by atoms with Gasteiger partial charge in [-0.2, -0.15) is 0 Å².